The van der Waals surface area contributed by atoms with E-state index in [2.05, 4.69) is 21.9 Å². The van der Waals surface area contributed by atoms with Crippen molar-refractivity contribution in [2.24, 2.45) is 5.73 Å². The number of thiocarbonyl (C=S) groups is 1. The second-order valence-electron chi connectivity index (χ2n) is 4.41. The lowest BCUT2D eigenvalue weighted by Crippen LogP contribution is -2.30. The monoisotopic (exact) mass is 253 g/mol. The van der Waals surface area contributed by atoms with Gasteiger partial charge in [0.15, 0.2) is 0 Å². The van der Waals surface area contributed by atoms with Crippen molar-refractivity contribution in [1.82, 2.24) is 19.7 Å². The van der Waals surface area contributed by atoms with E-state index in [1.54, 1.807) is 6.33 Å². The fraction of sp³-hybridized carbons (Fsp3) is 0.727. The van der Waals surface area contributed by atoms with Crippen molar-refractivity contribution in [3.63, 3.8) is 0 Å². The van der Waals surface area contributed by atoms with E-state index in [-0.39, 0.29) is 0 Å². The number of nitrogens with two attached hydrogens (primary N) is 1. The van der Waals surface area contributed by atoms with Crippen molar-refractivity contribution < 1.29 is 0 Å². The van der Waals surface area contributed by atoms with E-state index < -0.39 is 0 Å². The Morgan fingerprint density at radius 2 is 2.41 bits per heavy atom. The van der Waals surface area contributed by atoms with Crippen molar-refractivity contribution in [3.05, 3.63) is 12.2 Å². The molecule has 1 heterocycles. The summed E-state index contributed by atoms with van der Waals surface area (Å²) in [7, 11) is 0. The van der Waals surface area contributed by atoms with Crippen LogP contribution in [0.4, 0.5) is 0 Å². The molecule has 1 aromatic heterocycles. The molecule has 0 aliphatic heterocycles. The molecule has 0 saturated heterocycles. The summed E-state index contributed by atoms with van der Waals surface area (Å²) in [4.78, 5) is 7.31. The van der Waals surface area contributed by atoms with Gasteiger partial charge in [0.1, 0.15) is 12.2 Å². The molecule has 0 aromatic carbocycles. The molecule has 1 aliphatic carbocycles. The van der Waals surface area contributed by atoms with Gasteiger partial charge >= 0.3 is 0 Å². The molecule has 2 rings (SSSR count). The number of aromatic nitrogens is 3. The highest BCUT2D eigenvalue weighted by atomic mass is 32.1. The molecule has 0 unspecified atom stereocenters. The van der Waals surface area contributed by atoms with E-state index >= 15 is 0 Å². The zero-order valence-corrected chi connectivity index (χ0v) is 11.0. The summed E-state index contributed by atoms with van der Waals surface area (Å²) in [5.74, 6) is 1.03. The van der Waals surface area contributed by atoms with Gasteiger partial charge in [0.05, 0.1) is 11.5 Å². The van der Waals surface area contributed by atoms with Gasteiger partial charge in [-0.05, 0) is 19.8 Å². The van der Waals surface area contributed by atoms with Crippen LogP contribution in [0.25, 0.3) is 0 Å². The Balaban J connectivity index is 1.95. The lowest BCUT2D eigenvalue weighted by atomic mass is 10.3. The average molecular weight is 253 g/mol. The minimum Gasteiger partial charge on any atom is -0.393 e. The smallest absolute Gasteiger partial charge is 0.141 e. The summed E-state index contributed by atoms with van der Waals surface area (Å²) >= 11 is 4.94. The van der Waals surface area contributed by atoms with Gasteiger partial charge in [0, 0.05) is 25.6 Å². The molecule has 0 spiro atoms. The Labute approximate surface area is 107 Å². The molecule has 0 bridgehead atoms. The first-order chi connectivity index (χ1) is 8.20. The van der Waals surface area contributed by atoms with Gasteiger partial charge in [-0.15, -0.1) is 0 Å². The summed E-state index contributed by atoms with van der Waals surface area (Å²) < 4.78 is 1.94. The van der Waals surface area contributed by atoms with Crippen LogP contribution in [0.1, 0.15) is 32.0 Å². The molecular weight excluding hydrogens is 234 g/mol. The van der Waals surface area contributed by atoms with Gasteiger partial charge in [0.25, 0.3) is 0 Å². The highest BCUT2D eigenvalue weighted by Crippen LogP contribution is 2.28. The van der Waals surface area contributed by atoms with Crippen LogP contribution >= 0.6 is 12.2 Å². The van der Waals surface area contributed by atoms with Crippen LogP contribution in [0.5, 0.6) is 0 Å². The fourth-order valence-corrected chi connectivity index (χ4v) is 2.03. The van der Waals surface area contributed by atoms with Crippen molar-refractivity contribution in [2.45, 2.75) is 45.3 Å². The summed E-state index contributed by atoms with van der Waals surface area (Å²) in [6.07, 6.45) is 4.96. The van der Waals surface area contributed by atoms with Crippen LogP contribution in [-0.2, 0) is 13.1 Å². The molecule has 94 valence electrons. The summed E-state index contributed by atoms with van der Waals surface area (Å²) in [6.45, 7) is 4.72. The molecule has 1 aliphatic rings. The highest BCUT2D eigenvalue weighted by molar-refractivity contribution is 7.80. The molecule has 1 aromatic rings. The SMILES string of the molecule is CCn1ncnc1CN(CCC(N)=S)C1CC1. The fourth-order valence-electron chi connectivity index (χ4n) is 1.94. The standard InChI is InChI=1S/C11H19N5S/c1-2-16-11(13-8-14-16)7-15(9-3-4-9)6-5-10(12)17/h8-9H,2-7H2,1H3,(H2,12,17). The number of hydrogen-bond acceptors (Lipinski definition) is 4. The van der Waals surface area contributed by atoms with Crippen molar-refractivity contribution in [2.75, 3.05) is 6.54 Å². The van der Waals surface area contributed by atoms with Crippen LogP contribution < -0.4 is 5.73 Å². The molecule has 0 amide bonds. The Morgan fingerprint density at radius 1 is 1.65 bits per heavy atom. The van der Waals surface area contributed by atoms with E-state index in [9.17, 15) is 0 Å². The lowest BCUT2D eigenvalue weighted by molar-refractivity contribution is 0.251. The predicted octanol–water partition coefficient (Wildman–Crippen LogP) is 0.939. The lowest BCUT2D eigenvalue weighted by Gasteiger charge is -2.21. The number of hydrogen-bond donors (Lipinski definition) is 1. The summed E-state index contributed by atoms with van der Waals surface area (Å²) in [5, 5.41) is 4.19. The number of aryl methyl sites for hydroxylation is 1. The zero-order valence-electron chi connectivity index (χ0n) is 10.2. The number of rotatable bonds is 7. The molecule has 1 fully saturated rings. The molecule has 17 heavy (non-hydrogen) atoms. The van der Waals surface area contributed by atoms with Gasteiger partial charge in [-0.2, -0.15) is 5.10 Å². The largest absolute Gasteiger partial charge is 0.393 e. The third-order valence-corrected chi connectivity index (χ3v) is 3.25. The predicted molar refractivity (Wildman–Crippen MR) is 70.5 cm³/mol. The minimum absolute atomic E-state index is 0.590. The van der Waals surface area contributed by atoms with Crippen LogP contribution in [0.3, 0.4) is 0 Å². The summed E-state index contributed by atoms with van der Waals surface area (Å²) in [6, 6.07) is 0.686. The quantitative estimate of drug-likeness (QED) is 0.733. The Morgan fingerprint density at radius 3 is 3.00 bits per heavy atom. The number of nitrogens with zero attached hydrogens (tertiary/aromatic N) is 4. The van der Waals surface area contributed by atoms with Crippen molar-refractivity contribution in [1.29, 1.82) is 0 Å². The van der Waals surface area contributed by atoms with Gasteiger partial charge < -0.3 is 5.73 Å². The topological polar surface area (TPSA) is 60.0 Å². The first-order valence-electron chi connectivity index (χ1n) is 6.09. The minimum atomic E-state index is 0.590. The van der Waals surface area contributed by atoms with E-state index in [0.717, 1.165) is 31.9 Å². The molecule has 5 nitrogen and oxygen atoms in total. The van der Waals surface area contributed by atoms with Gasteiger partial charge in [-0.25, -0.2) is 9.67 Å². The van der Waals surface area contributed by atoms with Gasteiger partial charge in [0.2, 0.25) is 0 Å². The zero-order chi connectivity index (χ0) is 12.3. The van der Waals surface area contributed by atoms with Crippen LogP contribution in [-0.4, -0.2) is 37.2 Å². The molecule has 6 heteroatoms. The van der Waals surface area contributed by atoms with E-state index in [1.807, 2.05) is 4.68 Å². The van der Waals surface area contributed by atoms with Crippen LogP contribution in [0.15, 0.2) is 6.33 Å². The third kappa shape index (κ3) is 3.47. The van der Waals surface area contributed by atoms with Gasteiger partial charge in [-0.3, -0.25) is 4.90 Å². The summed E-state index contributed by atoms with van der Waals surface area (Å²) in [5.41, 5.74) is 5.56. The normalized spacial score (nSPS) is 15.4. The van der Waals surface area contributed by atoms with Gasteiger partial charge in [-0.1, -0.05) is 12.2 Å². The first kappa shape index (κ1) is 12.4. The Kier molecular flexibility index (Phi) is 4.06. The van der Waals surface area contributed by atoms with Crippen molar-refractivity contribution in [3.8, 4) is 0 Å². The molecule has 2 N–H and O–H groups in total. The van der Waals surface area contributed by atoms with Crippen LogP contribution in [0, 0.1) is 0 Å². The van der Waals surface area contributed by atoms with E-state index in [1.165, 1.54) is 12.8 Å². The third-order valence-electron chi connectivity index (χ3n) is 3.05. The van der Waals surface area contributed by atoms with E-state index in [4.69, 9.17) is 18.0 Å². The maximum atomic E-state index is 5.56. The highest BCUT2D eigenvalue weighted by Gasteiger charge is 2.29. The molecule has 1 saturated carbocycles. The Hall–Kier alpha value is -1.01. The maximum Gasteiger partial charge on any atom is 0.141 e. The second kappa shape index (κ2) is 5.55. The van der Waals surface area contributed by atoms with E-state index in [0.29, 0.717) is 11.0 Å². The molecule has 0 atom stereocenters. The van der Waals surface area contributed by atoms with Crippen molar-refractivity contribution >= 4 is 17.2 Å². The maximum absolute atomic E-state index is 5.56. The molecule has 0 radical (unpaired) electrons. The first-order valence-corrected chi connectivity index (χ1v) is 6.50. The Bertz CT molecular complexity index is 385. The van der Waals surface area contributed by atoms with Crippen LogP contribution in [0.2, 0.25) is 0 Å². The molecular formula is C11H19N5S. The second-order valence-corrected chi connectivity index (χ2v) is 4.93. The average Bonchev–Trinajstić information content (AvgIpc) is 3.04.